The molecule has 210 valence electrons. The normalized spacial score (nSPS) is 12.3. The molecule has 10 heteroatoms. The van der Waals surface area contributed by atoms with E-state index in [2.05, 4.69) is 29.4 Å². The second-order valence-electron chi connectivity index (χ2n) is 11.0. The SMILES string of the molecule is CN(C)C(=O)CCCn1ccc(Cc2ncc3c(n2)-c2c(nn(C)c2Cc2cccc(-c4cnn(C)c4)c2)CC3)n1. The Labute approximate surface area is 239 Å². The number of aryl methyl sites for hydroxylation is 5. The smallest absolute Gasteiger partial charge is 0.222 e. The molecule has 5 aromatic rings. The molecule has 4 heterocycles. The van der Waals surface area contributed by atoms with Crippen LogP contribution >= 0.6 is 0 Å². The fourth-order valence-electron chi connectivity index (χ4n) is 5.48. The van der Waals surface area contributed by atoms with Crippen molar-refractivity contribution in [1.82, 2.24) is 44.2 Å². The number of fused-ring (bicyclic) bond motifs is 3. The predicted octanol–water partition coefficient (Wildman–Crippen LogP) is 3.62. The van der Waals surface area contributed by atoms with Crippen LogP contribution in [-0.4, -0.2) is 64.2 Å². The summed E-state index contributed by atoms with van der Waals surface area (Å²) < 4.78 is 5.74. The lowest BCUT2D eigenvalue weighted by atomic mass is 9.91. The number of aromatic nitrogens is 8. The Morgan fingerprint density at radius 2 is 1.90 bits per heavy atom. The third-order valence-electron chi connectivity index (χ3n) is 7.67. The van der Waals surface area contributed by atoms with Gasteiger partial charge in [-0.05, 0) is 42.0 Å². The molecule has 0 saturated carbocycles. The summed E-state index contributed by atoms with van der Waals surface area (Å²) in [6.07, 6.45) is 12.2. The molecule has 0 spiro atoms. The number of amides is 1. The summed E-state index contributed by atoms with van der Waals surface area (Å²) in [5, 5.41) is 13.9. The lowest BCUT2D eigenvalue weighted by Gasteiger charge is -2.16. The molecular formula is C31H35N9O. The van der Waals surface area contributed by atoms with Gasteiger partial charge < -0.3 is 4.90 Å². The highest BCUT2D eigenvalue weighted by molar-refractivity contribution is 5.75. The highest BCUT2D eigenvalue weighted by Gasteiger charge is 2.26. The van der Waals surface area contributed by atoms with Crippen molar-refractivity contribution in [2.75, 3.05) is 14.1 Å². The molecule has 1 aliphatic carbocycles. The Morgan fingerprint density at radius 1 is 1.02 bits per heavy atom. The zero-order valence-corrected chi connectivity index (χ0v) is 24.1. The van der Waals surface area contributed by atoms with Crippen molar-refractivity contribution in [3.8, 4) is 22.4 Å². The first-order chi connectivity index (χ1) is 19.8. The fourth-order valence-corrected chi connectivity index (χ4v) is 5.48. The number of carbonyl (C=O) groups excluding carboxylic acids is 1. The number of benzene rings is 1. The highest BCUT2D eigenvalue weighted by Crippen LogP contribution is 2.35. The van der Waals surface area contributed by atoms with Gasteiger partial charge in [0.25, 0.3) is 0 Å². The maximum atomic E-state index is 11.9. The standard InChI is InChI=1S/C31H35N9O/c1-37(2)29(41)9-6-13-40-14-12-25(35-40)17-28-32-18-23-10-11-26-30(31(23)34-28)27(39(4)36-26)16-21-7-5-8-22(15-21)24-19-33-38(3)20-24/h5,7-8,12,14-15,18-20H,6,9-11,13,16-17H2,1-4H3. The molecule has 0 aliphatic heterocycles. The molecule has 0 N–H and O–H groups in total. The highest BCUT2D eigenvalue weighted by atomic mass is 16.2. The van der Waals surface area contributed by atoms with Crippen molar-refractivity contribution in [2.24, 2.45) is 14.1 Å². The van der Waals surface area contributed by atoms with Gasteiger partial charge in [-0.15, -0.1) is 0 Å². The zero-order valence-electron chi connectivity index (χ0n) is 24.1. The van der Waals surface area contributed by atoms with Gasteiger partial charge in [-0.3, -0.25) is 18.8 Å². The summed E-state index contributed by atoms with van der Waals surface area (Å²) in [6, 6.07) is 10.6. The molecule has 0 radical (unpaired) electrons. The van der Waals surface area contributed by atoms with Gasteiger partial charge in [0, 0.05) is 77.3 Å². The van der Waals surface area contributed by atoms with Crippen LogP contribution in [0.5, 0.6) is 0 Å². The summed E-state index contributed by atoms with van der Waals surface area (Å²) in [5.74, 6) is 0.883. The van der Waals surface area contributed by atoms with Crippen LogP contribution in [0.2, 0.25) is 0 Å². The van der Waals surface area contributed by atoms with Gasteiger partial charge in [-0.2, -0.15) is 15.3 Å². The van der Waals surface area contributed by atoms with Crippen molar-refractivity contribution in [1.29, 1.82) is 0 Å². The Balaban J connectivity index is 1.22. The van der Waals surface area contributed by atoms with Crippen LogP contribution in [0.3, 0.4) is 0 Å². The van der Waals surface area contributed by atoms with E-state index in [1.54, 1.807) is 19.0 Å². The molecule has 0 fully saturated rings. The average molecular weight is 550 g/mol. The van der Waals surface area contributed by atoms with Crippen LogP contribution < -0.4 is 0 Å². The Kier molecular flexibility index (Phi) is 7.21. The Hall–Kier alpha value is -4.60. The number of rotatable bonds is 9. The lowest BCUT2D eigenvalue weighted by Crippen LogP contribution is -2.21. The quantitative estimate of drug-likeness (QED) is 0.279. The third kappa shape index (κ3) is 5.68. The minimum absolute atomic E-state index is 0.134. The number of carbonyl (C=O) groups is 1. The maximum absolute atomic E-state index is 11.9. The molecule has 0 bridgehead atoms. The van der Waals surface area contributed by atoms with E-state index >= 15 is 0 Å². The van der Waals surface area contributed by atoms with Gasteiger partial charge in [0.05, 0.1) is 35.4 Å². The Morgan fingerprint density at radius 3 is 2.71 bits per heavy atom. The average Bonchev–Trinajstić information content (AvgIpc) is 3.68. The van der Waals surface area contributed by atoms with E-state index in [-0.39, 0.29) is 5.91 Å². The summed E-state index contributed by atoms with van der Waals surface area (Å²) in [6.45, 7) is 0.703. The van der Waals surface area contributed by atoms with Gasteiger partial charge in [-0.1, -0.05) is 24.3 Å². The molecule has 0 saturated heterocycles. The largest absolute Gasteiger partial charge is 0.349 e. The van der Waals surface area contributed by atoms with Gasteiger partial charge in [0.2, 0.25) is 5.91 Å². The summed E-state index contributed by atoms with van der Waals surface area (Å²) in [7, 11) is 7.53. The van der Waals surface area contributed by atoms with E-state index in [0.29, 0.717) is 19.4 Å². The van der Waals surface area contributed by atoms with Gasteiger partial charge >= 0.3 is 0 Å². The number of hydrogen-bond acceptors (Lipinski definition) is 6. The third-order valence-corrected chi connectivity index (χ3v) is 7.67. The van der Waals surface area contributed by atoms with Gasteiger partial charge in [0.15, 0.2) is 0 Å². The second-order valence-corrected chi connectivity index (χ2v) is 11.0. The zero-order chi connectivity index (χ0) is 28.5. The van der Waals surface area contributed by atoms with E-state index in [0.717, 1.165) is 76.5 Å². The first-order valence-corrected chi connectivity index (χ1v) is 14.0. The van der Waals surface area contributed by atoms with Crippen molar-refractivity contribution in [2.45, 2.75) is 45.1 Å². The lowest BCUT2D eigenvalue weighted by molar-refractivity contribution is -0.128. The molecule has 0 atom stereocenters. The van der Waals surface area contributed by atoms with E-state index < -0.39 is 0 Å². The minimum atomic E-state index is 0.134. The van der Waals surface area contributed by atoms with Crippen molar-refractivity contribution in [3.63, 3.8) is 0 Å². The van der Waals surface area contributed by atoms with E-state index in [4.69, 9.17) is 20.2 Å². The van der Waals surface area contributed by atoms with Crippen molar-refractivity contribution >= 4 is 5.91 Å². The van der Waals surface area contributed by atoms with Crippen LogP contribution in [0.4, 0.5) is 0 Å². The van der Waals surface area contributed by atoms with Crippen molar-refractivity contribution in [3.05, 3.63) is 89.2 Å². The molecule has 41 heavy (non-hydrogen) atoms. The second kappa shape index (κ2) is 11.1. The minimum Gasteiger partial charge on any atom is -0.349 e. The molecular weight excluding hydrogens is 514 g/mol. The maximum Gasteiger partial charge on any atom is 0.222 e. The fraction of sp³-hybridized carbons (Fsp3) is 0.355. The topological polar surface area (TPSA) is 99.5 Å². The van der Waals surface area contributed by atoms with Crippen LogP contribution in [0.25, 0.3) is 22.4 Å². The number of nitrogens with zero attached hydrogens (tertiary/aromatic N) is 9. The van der Waals surface area contributed by atoms with Gasteiger partial charge in [0.1, 0.15) is 5.82 Å². The Bertz CT molecular complexity index is 1710. The van der Waals surface area contributed by atoms with E-state index in [9.17, 15) is 4.79 Å². The summed E-state index contributed by atoms with van der Waals surface area (Å²) in [5.41, 5.74) is 9.94. The molecule has 1 aliphatic rings. The van der Waals surface area contributed by atoms with Crippen LogP contribution in [0.1, 0.15) is 46.9 Å². The molecule has 4 aromatic heterocycles. The molecule has 1 amide bonds. The summed E-state index contributed by atoms with van der Waals surface area (Å²) in [4.78, 5) is 23.3. The molecule has 0 unspecified atom stereocenters. The molecule has 1 aromatic carbocycles. The van der Waals surface area contributed by atoms with Crippen LogP contribution in [0, 0.1) is 0 Å². The summed E-state index contributed by atoms with van der Waals surface area (Å²) >= 11 is 0. The molecule has 6 rings (SSSR count). The number of hydrogen-bond donors (Lipinski definition) is 0. The first kappa shape index (κ1) is 26.6. The first-order valence-electron chi connectivity index (χ1n) is 14.0. The van der Waals surface area contributed by atoms with Crippen LogP contribution in [0.15, 0.2) is 55.1 Å². The van der Waals surface area contributed by atoms with Crippen molar-refractivity contribution < 1.29 is 4.79 Å². The van der Waals surface area contributed by atoms with E-state index in [1.165, 1.54) is 5.56 Å². The monoisotopic (exact) mass is 549 g/mol. The van der Waals surface area contributed by atoms with Gasteiger partial charge in [-0.25, -0.2) is 9.97 Å². The van der Waals surface area contributed by atoms with E-state index in [1.807, 2.05) is 59.0 Å². The van der Waals surface area contributed by atoms with Crippen LogP contribution in [-0.2, 0) is 51.1 Å². The molecule has 10 nitrogen and oxygen atoms in total. The predicted molar refractivity (Wildman–Crippen MR) is 156 cm³/mol.